The highest BCUT2D eigenvalue weighted by Gasteiger charge is 2.34. The number of ether oxygens (including phenoxy) is 1. The van der Waals surface area contributed by atoms with Crippen molar-refractivity contribution in [2.75, 3.05) is 7.11 Å². The van der Waals surface area contributed by atoms with E-state index in [-0.39, 0.29) is 17.7 Å². The SMILES string of the molecule is CCC(=O)N1N=C(c2cccs2)CC1c1cccc(OC)c1O. The number of methoxy groups -OCH3 is 1. The molecule has 0 fully saturated rings. The molecule has 2 aromatic rings. The van der Waals surface area contributed by atoms with Crippen LogP contribution in [0.1, 0.15) is 36.2 Å². The first-order chi connectivity index (χ1) is 11.2. The van der Waals surface area contributed by atoms with Gasteiger partial charge in [-0.05, 0) is 17.5 Å². The molecule has 1 amide bonds. The zero-order valence-electron chi connectivity index (χ0n) is 13.0. The number of phenolic OH excluding ortho intramolecular Hbond substituents is 1. The minimum atomic E-state index is -0.311. The van der Waals surface area contributed by atoms with Gasteiger partial charge in [-0.1, -0.05) is 25.1 Å². The number of carbonyl (C=O) groups excluding carboxylic acids is 1. The Labute approximate surface area is 138 Å². The van der Waals surface area contributed by atoms with Gasteiger partial charge in [0.2, 0.25) is 5.91 Å². The third kappa shape index (κ3) is 2.82. The molecular formula is C17H18N2O3S. The Bertz CT molecular complexity index is 740. The van der Waals surface area contributed by atoms with Crippen LogP contribution in [0.4, 0.5) is 0 Å². The maximum absolute atomic E-state index is 12.3. The van der Waals surface area contributed by atoms with Gasteiger partial charge in [0.15, 0.2) is 11.5 Å². The summed E-state index contributed by atoms with van der Waals surface area (Å²) in [5.74, 6) is 0.399. The van der Waals surface area contributed by atoms with E-state index in [2.05, 4.69) is 5.10 Å². The fourth-order valence-corrected chi connectivity index (χ4v) is 3.43. The lowest BCUT2D eigenvalue weighted by Gasteiger charge is -2.22. The molecule has 1 N–H and O–H groups in total. The number of aromatic hydroxyl groups is 1. The molecule has 1 aromatic heterocycles. The second-order valence-corrected chi connectivity index (χ2v) is 6.18. The Morgan fingerprint density at radius 3 is 2.91 bits per heavy atom. The highest BCUT2D eigenvalue weighted by molar-refractivity contribution is 7.12. The maximum Gasteiger partial charge on any atom is 0.242 e. The number of carbonyl (C=O) groups is 1. The monoisotopic (exact) mass is 330 g/mol. The molecule has 1 unspecified atom stereocenters. The van der Waals surface area contributed by atoms with E-state index in [0.717, 1.165) is 10.6 Å². The van der Waals surface area contributed by atoms with Crippen molar-refractivity contribution < 1.29 is 14.6 Å². The number of hydrogen-bond acceptors (Lipinski definition) is 5. The third-order valence-electron chi connectivity index (χ3n) is 3.88. The third-order valence-corrected chi connectivity index (χ3v) is 4.80. The molecule has 0 bridgehead atoms. The van der Waals surface area contributed by atoms with Crippen LogP contribution in [-0.4, -0.2) is 28.8 Å². The fourth-order valence-electron chi connectivity index (χ4n) is 2.71. The van der Waals surface area contributed by atoms with Crippen LogP contribution in [0.2, 0.25) is 0 Å². The van der Waals surface area contributed by atoms with Gasteiger partial charge in [0.1, 0.15) is 0 Å². The molecule has 3 rings (SSSR count). The molecule has 23 heavy (non-hydrogen) atoms. The topological polar surface area (TPSA) is 62.1 Å². The van der Waals surface area contributed by atoms with Crippen LogP contribution in [0.5, 0.6) is 11.5 Å². The van der Waals surface area contributed by atoms with Gasteiger partial charge < -0.3 is 9.84 Å². The molecule has 5 nitrogen and oxygen atoms in total. The molecule has 120 valence electrons. The van der Waals surface area contributed by atoms with Gasteiger partial charge >= 0.3 is 0 Å². The van der Waals surface area contributed by atoms with Gasteiger partial charge in [0, 0.05) is 18.4 Å². The molecule has 2 heterocycles. The number of thiophene rings is 1. The molecule has 1 aromatic carbocycles. The molecule has 6 heteroatoms. The van der Waals surface area contributed by atoms with Crippen molar-refractivity contribution in [1.29, 1.82) is 0 Å². The van der Waals surface area contributed by atoms with Crippen LogP contribution in [0, 0.1) is 0 Å². The summed E-state index contributed by atoms with van der Waals surface area (Å²) in [4.78, 5) is 13.3. The van der Waals surface area contributed by atoms with Crippen molar-refractivity contribution in [1.82, 2.24) is 5.01 Å². The highest BCUT2D eigenvalue weighted by atomic mass is 32.1. The van der Waals surface area contributed by atoms with E-state index in [0.29, 0.717) is 24.2 Å². The summed E-state index contributed by atoms with van der Waals surface area (Å²) < 4.78 is 5.18. The molecular weight excluding hydrogens is 312 g/mol. The van der Waals surface area contributed by atoms with E-state index < -0.39 is 0 Å². The molecule has 0 aliphatic carbocycles. The van der Waals surface area contributed by atoms with Crippen LogP contribution < -0.4 is 4.74 Å². The van der Waals surface area contributed by atoms with Gasteiger partial charge in [-0.3, -0.25) is 4.79 Å². The molecule has 0 spiro atoms. The van der Waals surface area contributed by atoms with E-state index in [1.807, 2.05) is 36.6 Å². The standard InChI is InChI=1S/C17H18N2O3S/c1-3-16(20)19-13(10-12(18-19)15-8-5-9-23-15)11-6-4-7-14(22-2)17(11)21/h4-9,13,21H,3,10H2,1-2H3. The number of para-hydroxylation sites is 1. The Balaban J connectivity index is 2.00. The second-order valence-electron chi connectivity index (χ2n) is 5.23. The molecule has 0 saturated carbocycles. The van der Waals surface area contributed by atoms with Crippen molar-refractivity contribution in [2.45, 2.75) is 25.8 Å². The van der Waals surface area contributed by atoms with E-state index in [1.54, 1.807) is 17.4 Å². The van der Waals surface area contributed by atoms with Gasteiger partial charge in [-0.15, -0.1) is 11.3 Å². The average Bonchev–Trinajstić information content (AvgIpc) is 3.23. The summed E-state index contributed by atoms with van der Waals surface area (Å²) in [5.41, 5.74) is 1.52. The predicted octanol–water partition coefficient (Wildman–Crippen LogP) is 3.55. The largest absolute Gasteiger partial charge is 0.504 e. The van der Waals surface area contributed by atoms with Crippen molar-refractivity contribution in [3.63, 3.8) is 0 Å². The number of benzene rings is 1. The Hall–Kier alpha value is -2.34. The van der Waals surface area contributed by atoms with E-state index in [4.69, 9.17) is 4.74 Å². The van der Waals surface area contributed by atoms with Crippen LogP contribution >= 0.6 is 11.3 Å². The van der Waals surface area contributed by atoms with Crippen molar-refractivity contribution in [2.24, 2.45) is 5.10 Å². The summed E-state index contributed by atoms with van der Waals surface area (Å²) in [6.45, 7) is 1.81. The lowest BCUT2D eigenvalue weighted by Crippen LogP contribution is -2.26. The summed E-state index contributed by atoms with van der Waals surface area (Å²) in [5, 5.41) is 18.4. The van der Waals surface area contributed by atoms with Crippen molar-refractivity contribution in [3.8, 4) is 11.5 Å². The van der Waals surface area contributed by atoms with E-state index >= 15 is 0 Å². The normalized spacial score (nSPS) is 17.2. The molecule has 0 saturated heterocycles. The van der Waals surface area contributed by atoms with Gasteiger partial charge in [0.05, 0.1) is 23.7 Å². The second kappa shape index (κ2) is 6.42. The summed E-state index contributed by atoms with van der Waals surface area (Å²) in [6, 6.07) is 8.96. The van der Waals surface area contributed by atoms with E-state index in [9.17, 15) is 9.90 Å². The summed E-state index contributed by atoms with van der Waals surface area (Å²) in [6.07, 6.45) is 0.940. The van der Waals surface area contributed by atoms with Gasteiger partial charge in [-0.2, -0.15) is 5.10 Å². The van der Waals surface area contributed by atoms with Crippen LogP contribution in [-0.2, 0) is 4.79 Å². The fraction of sp³-hybridized carbons (Fsp3) is 0.294. The first kappa shape index (κ1) is 15.6. The minimum absolute atomic E-state index is 0.0659. The van der Waals surface area contributed by atoms with Crippen LogP contribution in [0.25, 0.3) is 0 Å². The molecule has 1 aliphatic heterocycles. The average molecular weight is 330 g/mol. The highest BCUT2D eigenvalue weighted by Crippen LogP contribution is 2.41. The van der Waals surface area contributed by atoms with Crippen molar-refractivity contribution >= 4 is 23.0 Å². The molecule has 1 atom stereocenters. The Morgan fingerprint density at radius 2 is 2.26 bits per heavy atom. The number of hydrogen-bond donors (Lipinski definition) is 1. The van der Waals surface area contributed by atoms with E-state index in [1.165, 1.54) is 12.1 Å². The minimum Gasteiger partial charge on any atom is -0.504 e. The lowest BCUT2D eigenvalue weighted by molar-refractivity contribution is -0.132. The Kier molecular flexibility index (Phi) is 4.34. The van der Waals surface area contributed by atoms with Crippen molar-refractivity contribution in [3.05, 3.63) is 46.2 Å². The number of phenols is 1. The number of rotatable bonds is 4. The molecule has 1 aliphatic rings. The number of amides is 1. The first-order valence-electron chi connectivity index (χ1n) is 7.45. The summed E-state index contributed by atoms with van der Waals surface area (Å²) >= 11 is 1.59. The smallest absolute Gasteiger partial charge is 0.242 e. The van der Waals surface area contributed by atoms with Gasteiger partial charge in [0.25, 0.3) is 0 Å². The first-order valence-corrected chi connectivity index (χ1v) is 8.33. The zero-order chi connectivity index (χ0) is 16.4. The number of nitrogens with zero attached hydrogens (tertiary/aromatic N) is 2. The maximum atomic E-state index is 12.3. The summed E-state index contributed by atoms with van der Waals surface area (Å²) in [7, 11) is 1.51. The van der Waals surface area contributed by atoms with Crippen LogP contribution in [0.3, 0.4) is 0 Å². The molecule has 0 radical (unpaired) electrons. The van der Waals surface area contributed by atoms with Gasteiger partial charge in [-0.25, -0.2) is 5.01 Å². The quantitative estimate of drug-likeness (QED) is 0.932. The van der Waals surface area contributed by atoms with Crippen LogP contribution in [0.15, 0.2) is 40.8 Å². The predicted molar refractivity (Wildman–Crippen MR) is 90.0 cm³/mol. The number of hydrazone groups is 1. The Morgan fingerprint density at radius 1 is 1.43 bits per heavy atom. The lowest BCUT2D eigenvalue weighted by atomic mass is 9.99. The zero-order valence-corrected chi connectivity index (χ0v) is 13.8.